The van der Waals surface area contributed by atoms with E-state index in [-0.39, 0.29) is 0 Å². The fourth-order valence-corrected chi connectivity index (χ4v) is 2.59. The standard InChI is InChI=1S/C16H20O6/c1-9(10-7-6-8-11(19-4)13(10)20-5)12-14(17)21-16(2,3)22-15(12)18/h6-9,12H,1-5H3. The first-order valence-electron chi connectivity index (χ1n) is 6.97. The fraction of sp³-hybridized carbons (Fsp3) is 0.500. The molecule has 6 heteroatoms. The number of methoxy groups -OCH3 is 2. The SMILES string of the molecule is COc1cccc(C(C)C2C(=O)OC(C)(C)OC2=O)c1OC. The number of para-hydroxylation sites is 1. The zero-order valence-corrected chi connectivity index (χ0v) is 13.3. The van der Waals surface area contributed by atoms with E-state index in [2.05, 4.69) is 0 Å². The van der Waals surface area contributed by atoms with Gasteiger partial charge < -0.3 is 18.9 Å². The molecule has 6 nitrogen and oxygen atoms in total. The third kappa shape index (κ3) is 2.86. The van der Waals surface area contributed by atoms with Crippen LogP contribution in [0.25, 0.3) is 0 Å². The van der Waals surface area contributed by atoms with E-state index in [9.17, 15) is 9.59 Å². The van der Waals surface area contributed by atoms with Crippen LogP contribution >= 0.6 is 0 Å². The molecule has 1 fully saturated rings. The number of hydrogen-bond acceptors (Lipinski definition) is 6. The van der Waals surface area contributed by atoms with Crippen molar-refractivity contribution in [3.8, 4) is 11.5 Å². The van der Waals surface area contributed by atoms with Crippen LogP contribution in [0.1, 0.15) is 32.3 Å². The highest BCUT2D eigenvalue weighted by atomic mass is 16.7. The smallest absolute Gasteiger partial charge is 0.324 e. The minimum atomic E-state index is -1.23. The van der Waals surface area contributed by atoms with Crippen LogP contribution in [0.2, 0.25) is 0 Å². The summed E-state index contributed by atoms with van der Waals surface area (Å²) in [7, 11) is 3.03. The lowest BCUT2D eigenvalue weighted by Crippen LogP contribution is -2.47. The molecule has 120 valence electrons. The second kappa shape index (κ2) is 5.87. The highest BCUT2D eigenvalue weighted by molar-refractivity contribution is 5.97. The Hall–Kier alpha value is -2.24. The van der Waals surface area contributed by atoms with E-state index in [1.807, 2.05) is 0 Å². The molecule has 1 unspecified atom stereocenters. The Morgan fingerprint density at radius 1 is 1.09 bits per heavy atom. The third-order valence-corrected chi connectivity index (χ3v) is 3.62. The van der Waals surface area contributed by atoms with Crippen molar-refractivity contribution in [3.05, 3.63) is 23.8 Å². The van der Waals surface area contributed by atoms with Gasteiger partial charge in [-0.15, -0.1) is 0 Å². The summed E-state index contributed by atoms with van der Waals surface area (Å²) in [5.74, 6) is -2.91. The highest BCUT2D eigenvalue weighted by Gasteiger charge is 2.46. The lowest BCUT2D eigenvalue weighted by Gasteiger charge is -2.35. The maximum absolute atomic E-state index is 12.2. The molecular formula is C16H20O6. The van der Waals surface area contributed by atoms with Crippen molar-refractivity contribution < 1.29 is 28.5 Å². The molecule has 22 heavy (non-hydrogen) atoms. The Labute approximate surface area is 129 Å². The van der Waals surface area contributed by atoms with Crippen molar-refractivity contribution in [2.45, 2.75) is 32.5 Å². The molecule has 0 bridgehead atoms. The van der Waals surface area contributed by atoms with Crippen LogP contribution in [0, 0.1) is 5.92 Å². The zero-order chi connectivity index (χ0) is 16.5. The van der Waals surface area contributed by atoms with Gasteiger partial charge >= 0.3 is 11.9 Å². The van der Waals surface area contributed by atoms with E-state index in [0.29, 0.717) is 17.1 Å². The second-order valence-electron chi connectivity index (χ2n) is 5.59. The van der Waals surface area contributed by atoms with Crippen LogP contribution < -0.4 is 9.47 Å². The van der Waals surface area contributed by atoms with Crippen LogP contribution in [0.5, 0.6) is 11.5 Å². The van der Waals surface area contributed by atoms with E-state index in [0.717, 1.165) is 0 Å². The van der Waals surface area contributed by atoms with E-state index < -0.39 is 29.6 Å². The summed E-state index contributed by atoms with van der Waals surface area (Å²) >= 11 is 0. The monoisotopic (exact) mass is 308 g/mol. The molecule has 1 aromatic rings. The second-order valence-corrected chi connectivity index (χ2v) is 5.59. The normalized spacial score (nSPS) is 19.1. The van der Waals surface area contributed by atoms with Gasteiger partial charge in [-0.05, 0) is 6.07 Å². The van der Waals surface area contributed by atoms with Gasteiger partial charge in [0.2, 0.25) is 0 Å². The number of esters is 2. The third-order valence-electron chi connectivity index (χ3n) is 3.62. The molecular weight excluding hydrogens is 288 g/mol. The van der Waals surface area contributed by atoms with Gasteiger partial charge in [0.15, 0.2) is 17.4 Å². The van der Waals surface area contributed by atoms with Gasteiger partial charge in [0.25, 0.3) is 5.79 Å². The molecule has 0 N–H and O–H groups in total. The first-order valence-corrected chi connectivity index (χ1v) is 6.97. The molecule has 1 saturated heterocycles. The maximum Gasteiger partial charge on any atom is 0.324 e. The Morgan fingerprint density at radius 2 is 1.68 bits per heavy atom. The lowest BCUT2D eigenvalue weighted by molar-refractivity contribution is -0.240. The van der Waals surface area contributed by atoms with Crippen molar-refractivity contribution in [3.63, 3.8) is 0 Å². The number of ether oxygens (including phenoxy) is 4. The largest absolute Gasteiger partial charge is 0.493 e. The number of rotatable bonds is 4. The van der Waals surface area contributed by atoms with E-state index >= 15 is 0 Å². The highest BCUT2D eigenvalue weighted by Crippen LogP contribution is 2.40. The van der Waals surface area contributed by atoms with E-state index in [4.69, 9.17) is 18.9 Å². The molecule has 0 radical (unpaired) electrons. The van der Waals surface area contributed by atoms with Crippen molar-refractivity contribution in [2.24, 2.45) is 5.92 Å². The van der Waals surface area contributed by atoms with Crippen LogP contribution in [0.4, 0.5) is 0 Å². The summed E-state index contributed by atoms with van der Waals surface area (Å²) in [5.41, 5.74) is 0.681. The minimum Gasteiger partial charge on any atom is -0.493 e. The minimum absolute atomic E-state index is 0.471. The predicted molar refractivity (Wildman–Crippen MR) is 77.7 cm³/mol. The van der Waals surface area contributed by atoms with Crippen LogP contribution in [0.15, 0.2) is 18.2 Å². The molecule has 0 aliphatic carbocycles. The van der Waals surface area contributed by atoms with Gasteiger partial charge in [-0.3, -0.25) is 9.59 Å². The van der Waals surface area contributed by atoms with Gasteiger partial charge in [-0.2, -0.15) is 0 Å². The van der Waals surface area contributed by atoms with Crippen LogP contribution in [-0.2, 0) is 19.1 Å². The topological polar surface area (TPSA) is 71.1 Å². The summed E-state index contributed by atoms with van der Waals surface area (Å²) in [6.07, 6.45) is 0. The number of carbonyl (C=O) groups excluding carboxylic acids is 2. The van der Waals surface area contributed by atoms with Crippen molar-refractivity contribution in [1.29, 1.82) is 0 Å². The van der Waals surface area contributed by atoms with Gasteiger partial charge in [0, 0.05) is 25.3 Å². The number of hydrogen-bond donors (Lipinski definition) is 0. The first kappa shape index (κ1) is 16.1. The summed E-state index contributed by atoms with van der Waals surface area (Å²) < 4.78 is 21.0. The van der Waals surface area contributed by atoms with Crippen molar-refractivity contribution in [1.82, 2.24) is 0 Å². The summed E-state index contributed by atoms with van der Waals surface area (Å²) in [6.45, 7) is 4.80. The molecule has 0 aromatic heterocycles. The van der Waals surface area contributed by atoms with Crippen molar-refractivity contribution >= 4 is 11.9 Å². The first-order chi connectivity index (χ1) is 10.3. The average Bonchev–Trinajstić information content (AvgIpc) is 2.43. The summed E-state index contributed by atoms with van der Waals surface area (Å²) in [6, 6.07) is 5.30. The molecule has 1 aromatic carbocycles. The number of benzene rings is 1. The number of cyclic esters (lactones) is 2. The molecule has 1 heterocycles. The predicted octanol–water partition coefficient (Wildman–Crippen LogP) is 2.26. The molecule has 1 aliphatic rings. The van der Waals surface area contributed by atoms with Gasteiger partial charge in [-0.25, -0.2) is 0 Å². The van der Waals surface area contributed by atoms with Crippen LogP contribution in [0.3, 0.4) is 0 Å². The van der Waals surface area contributed by atoms with Gasteiger partial charge in [0.05, 0.1) is 14.2 Å². The van der Waals surface area contributed by atoms with Gasteiger partial charge in [-0.1, -0.05) is 19.1 Å². The average molecular weight is 308 g/mol. The van der Waals surface area contributed by atoms with Crippen LogP contribution in [-0.4, -0.2) is 31.9 Å². The molecule has 1 atom stereocenters. The summed E-state index contributed by atoms with van der Waals surface area (Å²) in [5, 5.41) is 0. The summed E-state index contributed by atoms with van der Waals surface area (Å²) in [4.78, 5) is 24.4. The Kier molecular flexibility index (Phi) is 4.30. The van der Waals surface area contributed by atoms with Crippen molar-refractivity contribution in [2.75, 3.05) is 14.2 Å². The lowest BCUT2D eigenvalue weighted by atomic mass is 9.86. The Balaban J connectivity index is 2.38. The Morgan fingerprint density at radius 3 is 2.18 bits per heavy atom. The van der Waals surface area contributed by atoms with E-state index in [1.54, 1.807) is 25.1 Å². The zero-order valence-electron chi connectivity index (χ0n) is 13.3. The number of carbonyl (C=O) groups is 2. The Bertz CT molecular complexity index is 572. The molecule has 0 amide bonds. The molecule has 2 rings (SSSR count). The maximum atomic E-state index is 12.2. The quantitative estimate of drug-likeness (QED) is 0.627. The molecule has 0 saturated carbocycles. The molecule has 0 spiro atoms. The van der Waals surface area contributed by atoms with E-state index in [1.165, 1.54) is 28.1 Å². The molecule has 1 aliphatic heterocycles. The van der Waals surface area contributed by atoms with Gasteiger partial charge in [0.1, 0.15) is 0 Å². The fourth-order valence-electron chi connectivity index (χ4n) is 2.59.